The minimum absolute atomic E-state index is 0.0327. The lowest BCUT2D eigenvalue weighted by atomic mass is 9.97. The molecule has 1 amide bonds. The van der Waals surface area contributed by atoms with Gasteiger partial charge in [0.05, 0.1) is 27.6 Å². The topological polar surface area (TPSA) is 105 Å². The standard InChI is InChI=1S/C37H36N6O3S/c1-41-32-12-11-27(39-34(44)16-20-47)21-33(32)43(37(41)46)28-14-18-42(19-15-28)23-24-7-9-26(10-8-24)35-29(25-5-3-2-4-6-25)22-30-31(40-35)13-17-38-36(30)45/h2-13,17,21-22,28,47H,14-16,18-20,23H2,1H3,(H,38,45)(H,39,44). The summed E-state index contributed by atoms with van der Waals surface area (Å²) in [7, 11) is 1.80. The molecular formula is C37H36N6O3S. The van der Waals surface area contributed by atoms with Gasteiger partial charge in [0.25, 0.3) is 5.56 Å². The zero-order valence-electron chi connectivity index (χ0n) is 26.1. The molecule has 3 aromatic carbocycles. The lowest BCUT2D eigenvalue weighted by Crippen LogP contribution is -2.37. The van der Waals surface area contributed by atoms with Crippen molar-refractivity contribution in [2.45, 2.75) is 31.8 Å². The van der Waals surface area contributed by atoms with Gasteiger partial charge in [-0.15, -0.1) is 0 Å². The first-order valence-corrected chi connectivity index (χ1v) is 16.5. The highest BCUT2D eigenvalue weighted by molar-refractivity contribution is 7.80. The second-order valence-electron chi connectivity index (χ2n) is 12.1. The van der Waals surface area contributed by atoms with E-state index in [0.29, 0.717) is 28.8 Å². The maximum Gasteiger partial charge on any atom is 0.329 e. The van der Waals surface area contributed by atoms with E-state index in [4.69, 9.17) is 4.98 Å². The summed E-state index contributed by atoms with van der Waals surface area (Å²) in [5.41, 5.74) is 7.82. The number of aromatic nitrogens is 4. The highest BCUT2D eigenvalue weighted by Gasteiger charge is 2.25. The number of fused-ring (bicyclic) bond motifs is 2. The van der Waals surface area contributed by atoms with Crippen molar-refractivity contribution in [3.05, 3.63) is 118 Å². The SMILES string of the molecule is Cn1c(=O)n(C2CCN(Cc3ccc(-c4nc5cc[nH]c(=O)c5cc4-c4ccccc4)cc3)CC2)c2cc(NC(=O)CCS)ccc21. The molecule has 10 heteroatoms. The normalized spacial score (nSPS) is 14.2. The number of thiol groups is 1. The van der Waals surface area contributed by atoms with E-state index in [-0.39, 0.29) is 23.2 Å². The van der Waals surface area contributed by atoms with Gasteiger partial charge in [-0.2, -0.15) is 12.6 Å². The summed E-state index contributed by atoms with van der Waals surface area (Å²) < 4.78 is 3.60. The van der Waals surface area contributed by atoms with Gasteiger partial charge >= 0.3 is 5.69 Å². The van der Waals surface area contributed by atoms with Crippen LogP contribution in [0.1, 0.15) is 30.9 Å². The summed E-state index contributed by atoms with van der Waals surface area (Å²) in [5, 5.41) is 3.49. The van der Waals surface area contributed by atoms with Crippen LogP contribution in [0.4, 0.5) is 5.69 Å². The van der Waals surface area contributed by atoms with Crippen LogP contribution in [0, 0.1) is 0 Å². The summed E-state index contributed by atoms with van der Waals surface area (Å²) in [5.74, 6) is 0.389. The van der Waals surface area contributed by atoms with Crippen LogP contribution in [-0.2, 0) is 18.4 Å². The number of pyridine rings is 2. The van der Waals surface area contributed by atoms with Crippen LogP contribution in [0.5, 0.6) is 0 Å². The van der Waals surface area contributed by atoms with E-state index in [1.165, 1.54) is 5.56 Å². The number of carbonyl (C=O) groups excluding carboxylic acids is 1. The van der Waals surface area contributed by atoms with E-state index in [1.54, 1.807) is 17.8 Å². The Morgan fingerprint density at radius 3 is 2.45 bits per heavy atom. The number of hydrogen-bond acceptors (Lipinski definition) is 6. The van der Waals surface area contributed by atoms with Crippen molar-refractivity contribution >= 4 is 46.2 Å². The number of H-pyrrole nitrogens is 1. The fraction of sp³-hybridized carbons (Fsp3) is 0.243. The van der Waals surface area contributed by atoms with Crippen LogP contribution in [0.25, 0.3) is 44.3 Å². The van der Waals surface area contributed by atoms with Crippen molar-refractivity contribution in [2.24, 2.45) is 7.05 Å². The fourth-order valence-electron chi connectivity index (χ4n) is 6.65. The number of likely N-dealkylation sites (tertiary alicyclic amines) is 1. The second-order valence-corrected chi connectivity index (χ2v) is 12.6. The molecule has 2 N–H and O–H groups in total. The molecule has 0 saturated carbocycles. The number of piperidine rings is 1. The van der Waals surface area contributed by atoms with Crippen LogP contribution >= 0.6 is 12.6 Å². The largest absolute Gasteiger partial charge is 0.329 e. The highest BCUT2D eigenvalue weighted by atomic mass is 32.1. The zero-order chi connectivity index (χ0) is 32.5. The maximum atomic E-state index is 13.3. The van der Waals surface area contributed by atoms with Crippen LogP contribution in [0.2, 0.25) is 0 Å². The Morgan fingerprint density at radius 2 is 1.70 bits per heavy atom. The molecule has 0 spiro atoms. The Hall–Kier alpha value is -4.93. The second kappa shape index (κ2) is 13.1. The number of amides is 1. The molecule has 1 aliphatic rings. The minimum Gasteiger partial charge on any atom is -0.328 e. The van der Waals surface area contributed by atoms with Crippen LogP contribution in [0.15, 0.2) is 101 Å². The number of anilines is 1. The van der Waals surface area contributed by atoms with Crippen LogP contribution < -0.4 is 16.6 Å². The average molecular weight is 645 g/mol. The van der Waals surface area contributed by atoms with Gasteiger partial charge < -0.3 is 10.3 Å². The van der Waals surface area contributed by atoms with Crippen LogP contribution in [0.3, 0.4) is 0 Å². The van der Waals surface area contributed by atoms with Crippen molar-refractivity contribution in [2.75, 3.05) is 24.2 Å². The lowest BCUT2D eigenvalue weighted by Gasteiger charge is -2.32. The third-order valence-electron chi connectivity index (χ3n) is 9.10. The molecule has 6 aromatic rings. The number of benzene rings is 3. The zero-order valence-corrected chi connectivity index (χ0v) is 27.0. The third kappa shape index (κ3) is 6.14. The van der Waals surface area contributed by atoms with Gasteiger partial charge in [0.2, 0.25) is 5.91 Å². The molecule has 4 heterocycles. The molecule has 47 heavy (non-hydrogen) atoms. The Morgan fingerprint density at radius 1 is 0.936 bits per heavy atom. The first-order valence-electron chi connectivity index (χ1n) is 15.9. The van der Waals surface area contributed by atoms with E-state index < -0.39 is 0 Å². The number of hydrogen-bond donors (Lipinski definition) is 3. The molecule has 9 nitrogen and oxygen atoms in total. The molecule has 0 atom stereocenters. The van der Waals surface area contributed by atoms with Crippen molar-refractivity contribution in [3.63, 3.8) is 0 Å². The van der Waals surface area contributed by atoms with Gasteiger partial charge in [-0.05, 0) is 60.1 Å². The Labute approximate surface area is 277 Å². The van der Waals surface area contributed by atoms with E-state index in [0.717, 1.165) is 65.9 Å². The molecule has 1 fully saturated rings. The highest BCUT2D eigenvalue weighted by Crippen LogP contribution is 2.33. The number of aryl methyl sites for hydroxylation is 1. The summed E-state index contributed by atoms with van der Waals surface area (Å²) in [6.45, 7) is 2.55. The molecule has 1 aliphatic heterocycles. The Kier molecular flexibility index (Phi) is 8.53. The van der Waals surface area contributed by atoms with Gasteiger partial charge in [-0.1, -0.05) is 54.6 Å². The first-order chi connectivity index (χ1) is 22.9. The van der Waals surface area contributed by atoms with Crippen molar-refractivity contribution in [1.82, 2.24) is 24.0 Å². The number of aromatic amines is 1. The Balaban J connectivity index is 1.08. The summed E-state index contributed by atoms with van der Waals surface area (Å²) >= 11 is 4.15. The number of carbonyl (C=O) groups is 1. The van der Waals surface area contributed by atoms with Gasteiger partial charge in [0, 0.05) is 62.2 Å². The van der Waals surface area contributed by atoms with Gasteiger partial charge in [0.1, 0.15) is 0 Å². The molecule has 3 aromatic heterocycles. The van der Waals surface area contributed by atoms with E-state index in [2.05, 4.69) is 52.1 Å². The molecular weight excluding hydrogens is 609 g/mol. The van der Waals surface area contributed by atoms with Gasteiger partial charge in [-0.25, -0.2) is 9.78 Å². The molecule has 0 radical (unpaired) electrons. The number of nitrogens with zero attached hydrogens (tertiary/aromatic N) is 4. The van der Waals surface area contributed by atoms with E-state index in [1.807, 2.05) is 65.2 Å². The maximum absolute atomic E-state index is 13.3. The summed E-state index contributed by atoms with van der Waals surface area (Å²) in [4.78, 5) is 48.2. The number of imidazole rings is 1. The first kappa shape index (κ1) is 30.7. The molecule has 0 bridgehead atoms. The molecule has 1 saturated heterocycles. The van der Waals surface area contributed by atoms with Gasteiger partial charge in [0.15, 0.2) is 0 Å². The van der Waals surface area contributed by atoms with Crippen molar-refractivity contribution in [1.29, 1.82) is 0 Å². The average Bonchev–Trinajstić information content (AvgIpc) is 3.34. The lowest BCUT2D eigenvalue weighted by molar-refractivity contribution is -0.115. The van der Waals surface area contributed by atoms with E-state index >= 15 is 0 Å². The molecule has 0 unspecified atom stereocenters. The summed E-state index contributed by atoms with van der Waals surface area (Å²) in [6.07, 6.45) is 3.68. The number of nitrogens with one attached hydrogen (secondary N) is 2. The smallest absolute Gasteiger partial charge is 0.328 e. The predicted octanol–water partition coefficient (Wildman–Crippen LogP) is 6.01. The quantitative estimate of drug-likeness (QED) is 0.176. The van der Waals surface area contributed by atoms with Crippen molar-refractivity contribution < 1.29 is 4.79 Å². The minimum atomic E-state index is -0.152. The Bertz CT molecular complexity index is 2200. The molecule has 238 valence electrons. The molecule has 7 rings (SSSR count). The third-order valence-corrected chi connectivity index (χ3v) is 9.33. The summed E-state index contributed by atoms with van der Waals surface area (Å²) in [6, 6.07) is 28.1. The molecule has 0 aliphatic carbocycles. The fourth-order valence-corrected chi connectivity index (χ4v) is 6.86. The van der Waals surface area contributed by atoms with Crippen molar-refractivity contribution in [3.8, 4) is 22.4 Å². The van der Waals surface area contributed by atoms with Crippen LogP contribution in [-0.4, -0.2) is 48.8 Å². The monoisotopic (exact) mass is 644 g/mol. The van der Waals surface area contributed by atoms with E-state index in [9.17, 15) is 14.4 Å². The number of rotatable bonds is 8. The van der Waals surface area contributed by atoms with Gasteiger partial charge in [-0.3, -0.25) is 23.6 Å². The predicted molar refractivity (Wildman–Crippen MR) is 191 cm³/mol.